The van der Waals surface area contributed by atoms with Crippen LogP contribution < -0.4 is 0 Å². The molecule has 0 spiro atoms. The number of carbonyl (C=O) groups excluding carboxylic acids is 3. The van der Waals surface area contributed by atoms with E-state index in [2.05, 4.69) is 0 Å². The Kier molecular flexibility index (Phi) is 7.12. The van der Waals surface area contributed by atoms with E-state index in [1.807, 2.05) is 0 Å². The Morgan fingerprint density at radius 2 is 1.12 bits per heavy atom. The lowest BCUT2D eigenvalue weighted by Crippen LogP contribution is -2.40. The highest BCUT2D eigenvalue weighted by molar-refractivity contribution is 5.90. The summed E-state index contributed by atoms with van der Waals surface area (Å²) in [6.45, 7) is -0.168. The highest BCUT2D eigenvalue weighted by Crippen LogP contribution is 2.24. The maximum atomic E-state index is 12.7. The van der Waals surface area contributed by atoms with Gasteiger partial charge < -0.3 is 18.9 Å². The average molecular weight is 446 g/mol. The van der Waals surface area contributed by atoms with Gasteiger partial charge in [-0.25, -0.2) is 14.4 Å². The smallest absolute Gasteiger partial charge is 0.338 e. The molecular formula is C26H22O7. The number of hydrogen-bond donors (Lipinski definition) is 0. The van der Waals surface area contributed by atoms with E-state index in [9.17, 15) is 14.4 Å². The number of benzene rings is 3. The van der Waals surface area contributed by atoms with Crippen molar-refractivity contribution in [2.75, 3.05) is 13.2 Å². The van der Waals surface area contributed by atoms with Gasteiger partial charge in [0.05, 0.1) is 23.3 Å². The van der Waals surface area contributed by atoms with Gasteiger partial charge in [-0.15, -0.1) is 0 Å². The van der Waals surface area contributed by atoms with Gasteiger partial charge in [0.25, 0.3) is 0 Å². The molecule has 1 saturated heterocycles. The lowest BCUT2D eigenvalue weighted by Gasteiger charge is -2.23. The van der Waals surface area contributed by atoms with Crippen LogP contribution in [0.2, 0.25) is 0 Å². The monoisotopic (exact) mass is 446 g/mol. The molecule has 0 bridgehead atoms. The first-order valence-electron chi connectivity index (χ1n) is 10.5. The van der Waals surface area contributed by atoms with Crippen molar-refractivity contribution < 1.29 is 33.3 Å². The van der Waals surface area contributed by atoms with Crippen LogP contribution >= 0.6 is 0 Å². The summed E-state index contributed by atoms with van der Waals surface area (Å²) in [5.41, 5.74) is 1.10. The fraction of sp³-hybridized carbons (Fsp3) is 0.192. The normalized spacial score (nSPS) is 19.5. The third kappa shape index (κ3) is 5.64. The highest BCUT2D eigenvalue weighted by atomic mass is 16.6. The largest absolute Gasteiger partial charge is 0.459 e. The van der Waals surface area contributed by atoms with E-state index < -0.39 is 36.2 Å². The van der Waals surface area contributed by atoms with Gasteiger partial charge in [0.2, 0.25) is 0 Å². The van der Waals surface area contributed by atoms with Crippen molar-refractivity contribution in [3.63, 3.8) is 0 Å². The van der Waals surface area contributed by atoms with Crippen LogP contribution in [-0.2, 0) is 18.9 Å². The molecule has 7 nitrogen and oxygen atoms in total. The molecule has 33 heavy (non-hydrogen) atoms. The number of esters is 3. The quantitative estimate of drug-likeness (QED) is 0.404. The second kappa shape index (κ2) is 10.6. The van der Waals surface area contributed by atoms with Crippen molar-refractivity contribution >= 4 is 17.9 Å². The van der Waals surface area contributed by atoms with Crippen LogP contribution in [0.3, 0.4) is 0 Å². The van der Waals surface area contributed by atoms with Crippen LogP contribution in [0.25, 0.3) is 0 Å². The first kappa shape index (κ1) is 22.2. The van der Waals surface area contributed by atoms with Crippen molar-refractivity contribution in [3.8, 4) is 0 Å². The molecule has 0 aromatic heterocycles. The van der Waals surface area contributed by atoms with E-state index >= 15 is 0 Å². The molecule has 0 radical (unpaired) electrons. The molecule has 0 saturated carbocycles. The van der Waals surface area contributed by atoms with Gasteiger partial charge >= 0.3 is 17.9 Å². The van der Waals surface area contributed by atoms with Crippen molar-refractivity contribution in [1.29, 1.82) is 0 Å². The van der Waals surface area contributed by atoms with Gasteiger partial charge in [-0.05, 0) is 36.4 Å². The van der Waals surface area contributed by atoms with E-state index in [4.69, 9.17) is 18.9 Å². The molecular weight excluding hydrogens is 424 g/mol. The summed E-state index contributed by atoms with van der Waals surface area (Å²) in [5.74, 6) is -1.68. The van der Waals surface area contributed by atoms with E-state index in [-0.39, 0.29) is 13.2 Å². The molecule has 0 N–H and O–H groups in total. The fourth-order valence-corrected chi connectivity index (χ4v) is 3.40. The Morgan fingerprint density at radius 1 is 0.667 bits per heavy atom. The average Bonchev–Trinajstić information content (AvgIpc) is 3.24. The van der Waals surface area contributed by atoms with Crippen LogP contribution in [0.4, 0.5) is 0 Å². The third-order valence-corrected chi connectivity index (χ3v) is 5.12. The van der Waals surface area contributed by atoms with Crippen molar-refractivity contribution in [1.82, 2.24) is 0 Å². The molecule has 1 aliphatic heterocycles. The lowest BCUT2D eigenvalue weighted by atomic mass is 10.1. The molecule has 7 heteroatoms. The predicted molar refractivity (Wildman–Crippen MR) is 118 cm³/mol. The first-order valence-corrected chi connectivity index (χ1v) is 10.5. The molecule has 0 aliphatic carbocycles. The summed E-state index contributed by atoms with van der Waals surface area (Å²) in [7, 11) is 0. The molecule has 0 amide bonds. The minimum Gasteiger partial charge on any atom is -0.459 e. The highest BCUT2D eigenvalue weighted by Gasteiger charge is 2.44. The fourth-order valence-electron chi connectivity index (χ4n) is 3.40. The molecule has 3 aromatic carbocycles. The summed E-state index contributed by atoms with van der Waals surface area (Å²) in [4.78, 5) is 37.6. The molecule has 1 heterocycles. The molecule has 4 rings (SSSR count). The Labute approximate surface area is 190 Å². The standard InChI is InChI=1S/C26H22O7/c27-24(18-10-4-1-5-11-18)31-16-21-23(33-26(29)20-14-8-3-9-15-20)22(17-30-21)32-25(28)19-12-6-2-7-13-19/h1-15,21-23H,16-17H2/t21-,22+,23?/m1/s1. The third-order valence-electron chi connectivity index (χ3n) is 5.12. The molecule has 3 aromatic rings. The number of carbonyl (C=O) groups is 3. The van der Waals surface area contributed by atoms with Crippen LogP contribution in [0, 0.1) is 0 Å². The minimum absolute atomic E-state index is 0.00113. The molecule has 1 unspecified atom stereocenters. The van der Waals surface area contributed by atoms with Gasteiger partial charge in [0.1, 0.15) is 12.7 Å². The van der Waals surface area contributed by atoms with E-state index in [1.54, 1.807) is 91.0 Å². The van der Waals surface area contributed by atoms with Crippen LogP contribution in [0.5, 0.6) is 0 Å². The van der Waals surface area contributed by atoms with Crippen LogP contribution in [0.15, 0.2) is 91.0 Å². The SMILES string of the molecule is O=C(OC[C@H]1OC[C@H](OC(=O)c2ccccc2)C1OC(=O)c1ccccc1)c1ccccc1. The summed E-state index contributed by atoms with van der Waals surface area (Å²) in [5, 5.41) is 0. The van der Waals surface area contributed by atoms with Gasteiger partial charge in [0, 0.05) is 0 Å². The van der Waals surface area contributed by atoms with Crippen LogP contribution in [-0.4, -0.2) is 49.4 Å². The van der Waals surface area contributed by atoms with Crippen molar-refractivity contribution in [2.24, 2.45) is 0 Å². The zero-order valence-corrected chi connectivity index (χ0v) is 17.7. The molecule has 1 aliphatic rings. The van der Waals surface area contributed by atoms with Gasteiger partial charge in [0.15, 0.2) is 12.2 Å². The van der Waals surface area contributed by atoms with Gasteiger partial charge in [-0.1, -0.05) is 54.6 Å². The topological polar surface area (TPSA) is 88.1 Å². The Bertz CT molecular complexity index is 1080. The number of ether oxygens (including phenoxy) is 4. The van der Waals surface area contributed by atoms with Gasteiger partial charge in [-0.3, -0.25) is 0 Å². The Hall–Kier alpha value is -3.97. The second-order valence-corrected chi connectivity index (χ2v) is 7.38. The number of hydrogen-bond acceptors (Lipinski definition) is 7. The van der Waals surface area contributed by atoms with E-state index in [0.29, 0.717) is 16.7 Å². The van der Waals surface area contributed by atoms with Gasteiger partial charge in [-0.2, -0.15) is 0 Å². The summed E-state index contributed by atoms with van der Waals surface area (Å²) in [6, 6.07) is 25.5. The number of rotatable bonds is 7. The Balaban J connectivity index is 1.46. The Morgan fingerprint density at radius 3 is 1.64 bits per heavy atom. The zero-order valence-electron chi connectivity index (χ0n) is 17.7. The zero-order chi connectivity index (χ0) is 23.0. The molecule has 3 atom stereocenters. The molecule has 1 fully saturated rings. The van der Waals surface area contributed by atoms with Crippen molar-refractivity contribution in [2.45, 2.75) is 18.3 Å². The lowest BCUT2D eigenvalue weighted by molar-refractivity contribution is -0.0433. The second-order valence-electron chi connectivity index (χ2n) is 7.38. The van der Waals surface area contributed by atoms with Crippen molar-refractivity contribution in [3.05, 3.63) is 108 Å². The van der Waals surface area contributed by atoms with E-state index in [1.165, 1.54) is 0 Å². The summed E-state index contributed by atoms with van der Waals surface area (Å²) in [6.07, 6.45) is -2.60. The maximum absolute atomic E-state index is 12.7. The maximum Gasteiger partial charge on any atom is 0.338 e. The summed E-state index contributed by atoms with van der Waals surface area (Å²) < 4.78 is 22.3. The first-order chi connectivity index (χ1) is 16.1. The van der Waals surface area contributed by atoms with E-state index in [0.717, 1.165) is 0 Å². The predicted octanol–water partition coefficient (Wildman–Crippen LogP) is 3.69. The minimum atomic E-state index is -0.950. The summed E-state index contributed by atoms with van der Waals surface area (Å²) >= 11 is 0. The van der Waals surface area contributed by atoms with Crippen LogP contribution in [0.1, 0.15) is 31.1 Å². The molecule has 168 valence electrons.